The van der Waals surface area contributed by atoms with Gasteiger partial charge in [-0.3, -0.25) is 14.5 Å². The minimum Gasteiger partial charge on any atom is -0.496 e. The van der Waals surface area contributed by atoms with Crippen LogP contribution in [-0.4, -0.2) is 56.2 Å². The number of unbranched alkanes of at least 4 members (excludes halogenated alkanes) is 1. The lowest BCUT2D eigenvalue weighted by molar-refractivity contribution is -0.146. The molecule has 1 unspecified atom stereocenters. The van der Waals surface area contributed by atoms with Crippen LogP contribution in [0.3, 0.4) is 0 Å². The number of carboxylic acid groups (broad SMARTS) is 1. The SMILES string of the molecule is CCN(CCCCC1(C(=O)O)Cc2cc(OC)c(OC)cc2C1=O)Cc1ccccc1OC. The fourth-order valence-corrected chi connectivity index (χ4v) is 4.61. The molecule has 0 heterocycles. The lowest BCUT2D eigenvalue weighted by Crippen LogP contribution is -2.37. The molecular weight excluding hydrogens is 422 g/mol. The van der Waals surface area contributed by atoms with E-state index in [2.05, 4.69) is 17.9 Å². The van der Waals surface area contributed by atoms with E-state index < -0.39 is 11.4 Å². The Bertz CT molecular complexity index is 1000. The van der Waals surface area contributed by atoms with Gasteiger partial charge in [-0.2, -0.15) is 0 Å². The summed E-state index contributed by atoms with van der Waals surface area (Å²) in [4.78, 5) is 27.8. The summed E-state index contributed by atoms with van der Waals surface area (Å²) in [5.41, 5.74) is 0.806. The molecule has 0 spiro atoms. The molecule has 0 fully saturated rings. The molecular formula is C26H33NO6. The van der Waals surface area contributed by atoms with Crippen molar-refractivity contribution < 1.29 is 28.9 Å². The molecule has 0 aromatic heterocycles. The largest absolute Gasteiger partial charge is 0.496 e. The lowest BCUT2D eigenvalue weighted by atomic mass is 9.79. The van der Waals surface area contributed by atoms with Crippen molar-refractivity contribution in [3.63, 3.8) is 0 Å². The zero-order valence-corrected chi connectivity index (χ0v) is 19.8. The number of ketones is 1. The summed E-state index contributed by atoms with van der Waals surface area (Å²) in [6.45, 7) is 4.54. The first-order valence-electron chi connectivity index (χ1n) is 11.3. The molecule has 7 heteroatoms. The van der Waals surface area contributed by atoms with E-state index in [1.165, 1.54) is 14.2 Å². The van der Waals surface area contributed by atoms with E-state index in [4.69, 9.17) is 14.2 Å². The van der Waals surface area contributed by atoms with Crippen molar-refractivity contribution in [3.05, 3.63) is 53.1 Å². The summed E-state index contributed by atoms with van der Waals surface area (Å²) >= 11 is 0. The summed E-state index contributed by atoms with van der Waals surface area (Å²) in [6.07, 6.45) is 1.92. The highest BCUT2D eigenvalue weighted by atomic mass is 16.5. The number of hydrogen-bond donors (Lipinski definition) is 1. The quantitative estimate of drug-likeness (QED) is 0.379. The molecule has 1 aliphatic carbocycles. The van der Waals surface area contributed by atoms with E-state index >= 15 is 0 Å². The molecule has 0 saturated heterocycles. The van der Waals surface area contributed by atoms with Gasteiger partial charge < -0.3 is 19.3 Å². The van der Waals surface area contributed by atoms with Crippen LogP contribution >= 0.6 is 0 Å². The molecule has 0 aliphatic heterocycles. The van der Waals surface area contributed by atoms with Crippen LogP contribution in [0.25, 0.3) is 0 Å². The highest BCUT2D eigenvalue weighted by Crippen LogP contribution is 2.45. The van der Waals surface area contributed by atoms with Gasteiger partial charge in [-0.1, -0.05) is 31.5 Å². The Hall–Kier alpha value is -3.06. The van der Waals surface area contributed by atoms with E-state index in [0.717, 1.165) is 37.4 Å². The highest BCUT2D eigenvalue weighted by molar-refractivity contribution is 6.16. The Morgan fingerprint density at radius 2 is 1.70 bits per heavy atom. The standard InChI is InChI=1S/C26H33NO6/c1-5-27(17-18-10-6-7-11-21(18)31-2)13-9-8-12-26(25(29)30)16-19-14-22(32-3)23(33-4)15-20(19)24(26)28/h6-7,10-11,14-15H,5,8-9,12-13,16-17H2,1-4H3,(H,29,30). The first-order chi connectivity index (χ1) is 15.9. The molecule has 2 aromatic carbocycles. The van der Waals surface area contributed by atoms with Crippen LogP contribution in [0.1, 0.15) is 47.7 Å². The van der Waals surface area contributed by atoms with E-state index in [1.807, 2.05) is 18.2 Å². The third-order valence-electron chi connectivity index (χ3n) is 6.55. The van der Waals surface area contributed by atoms with Crippen molar-refractivity contribution in [1.82, 2.24) is 4.90 Å². The van der Waals surface area contributed by atoms with Gasteiger partial charge in [0.25, 0.3) is 0 Å². The van der Waals surface area contributed by atoms with Gasteiger partial charge in [0.15, 0.2) is 17.3 Å². The van der Waals surface area contributed by atoms with Gasteiger partial charge in [-0.25, -0.2) is 0 Å². The predicted octanol–water partition coefficient (Wildman–Crippen LogP) is 4.21. The number of nitrogens with zero attached hydrogens (tertiary/aromatic N) is 1. The van der Waals surface area contributed by atoms with Crippen LogP contribution in [0.2, 0.25) is 0 Å². The molecule has 1 N–H and O–H groups in total. The van der Waals surface area contributed by atoms with Gasteiger partial charge >= 0.3 is 5.97 Å². The summed E-state index contributed by atoms with van der Waals surface area (Å²) in [5, 5.41) is 10.1. The predicted molar refractivity (Wildman–Crippen MR) is 125 cm³/mol. The molecule has 33 heavy (non-hydrogen) atoms. The second-order valence-corrected chi connectivity index (χ2v) is 8.40. The number of carbonyl (C=O) groups excluding carboxylic acids is 1. The van der Waals surface area contributed by atoms with Crippen molar-refractivity contribution >= 4 is 11.8 Å². The molecule has 0 amide bonds. The van der Waals surface area contributed by atoms with E-state index in [0.29, 0.717) is 35.5 Å². The molecule has 178 valence electrons. The van der Waals surface area contributed by atoms with Gasteiger partial charge in [0.2, 0.25) is 0 Å². The van der Waals surface area contributed by atoms with Gasteiger partial charge in [-0.05, 0) is 56.1 Å². The number of carbonyl (C=O) groups is 2. The molecule has 1 atom stereocenters. The Kier molecular flexibility index (Phi) is 7.97. The van der Waals surface area contributed by atoms with E-state index in [9.17, 15) is 14.7 Å². The third kappa shape index (κ3) is 4.98. The van der Waals surface area contributed by atoms with Gasteiger partial charge in [0.1, 0.15) is 11.2 Å². The maximum Gasteiger partial charge on any atom is 0.317 e. The molecule has 2 aromatic rings. The van der Waals surface area contributed by atoms with Crippen molar-refractivity contribution in [2.45, 2.75) is 39.2 Å². The number of rotatable bonds is 12. The van der Waals surface area contributed by atoms with Gasteiger partial charge in [-0.15, -0.1) is 0 Å². The normalized spacial score (nSPS) is 17.2. The average Bonchev–Trinajstić information content (AvgIpc) is 3.11. The Labute approximate surface area is 195 Å². The summed E-state index contributed by atoms with van der Waals surface area (Å²) < 4.78 is 16.1. The number of aliphatic carboxylic acids is 1. The third-order valence-corrected chi connectivity index (χ3v) is 6.55. The summed E-state index contributed by atoms with van der Waals surface area (Å²) in [5.74, 6) is 0.386. The second kappa shape index (κ2) is 10.7. The number of benzene rings is 2. The minimum atomic E-state index is -1.43. The van der Waals surface area contributed by atoms with Crippen LogP contribution in [-0.2, 0) is 17.8 Å². The lowest BCUT2D eigenvalue weighted by Gasteiger charge is -2.24. The first-order valence-corrected chi connectivity index (χ1v) is 11.3. The Morgan fingerprint density at radius 1 is 1.03 bits per heavy atom. The zero-order valence-electron chi connectivity index (χ0n) is 19.8. The summed E-state index contributed by atoms with van der Waals surface area (Å²) in [7, 11) is 4.69. The average molecular weight is 456 g/mol. The van der Waals surface area contributed by atoms with Crippen molar-refractivity contribution in [3.8, 4) is 17.2 Å². The van der Waals surface area contributed by atoms with E-state index in [-0.39, 0.29) is 12.2 Å². The highest BCUT2D eigenvalue weighted by Gasteiger charge is 2.51. The second-order valence-electron chi connectivity index (χ2n) is 8.40. The topological polar surface area (TPSA) is 85.3 Å². The zero-order chi connectivity index (χ0) is 24.0. The van der Waals surface area contributed by atoms with Crippen LogP contribution in [0, 0.1) is 5.41 Å². The maximum atomic E-state index is 13.2. The molecule has 0 bridgehead atoms. The Balaban J connectivity index is 1.66. The fraction of sp³-hybridized carbons (Fsp3) is 0.462. The van der Waals surface area contributed by atoms with Crippen LogP contribution < -0.4 is 14.2 Å². The van der Waals surface area contributed by atoms with Crippen LogP contribution in [0.5, 0.6) is 17.2 Å². The number of hydrogen-bond acceptors (Lipinski definition) is 6. The number of ether oxygens (including phenoxy) is 3. The first kappa shape index (κ1) is 24.6. The van der Waals surface area contributed by atoms with Crippen molar-refractivity contribution in [2.75, 3.05) is 34.4 Å². The molecule has 7 nitrogen and oxygen atoms in total. The van der Waals surface area contributed by atoms with Gasteiger partial charge in [0.05, 0.1) is 21.3 Å². The maximum absolute atomic E-state index is 13.2. The smallest absolute Gasteiger partial charge is 0.317 e. The van der Waals surface area contributed by atoms with E-state index in [1.54, 1.807) is 19.2 Å². The summed E-state index contributed by atoms with van der Waals surface area (Å²) in [6, 6.07) is 11.3. The monoisotopic (exact) mass is 455 g/mol. The molecule has 3 rings (SSSR count). The number of carboxylic acids is 1. The van der Waals surface area contributed by atoms with Crippen LogP contribution in [0.15, 0.2) is 36.4 Å². The number of para-hydroxylation sites is 1. The van der Waals surface area contributed by atoms with Crippen LogP contribution in [0.4, 0.5) is 0 Å². The number of fused-ring (bicyclic) bond motifs is 1. The van der Waals surface area contributed by atoms with Crippen molar-refractivity contribution in [1.29, 1.82) is 0 Å². The van der Waals surface area contributed by atoms with Crippen molar-refractivity contribution in [2.24, 2.45) is 5.41 Å². The fourth-order valence-electron chi connectivity index (χ4n) is 4.61. The molecule has 0 radical (unpaired) electrons. The van der Waals surface area contributed by atoms with Gasteiger partial charge in [0, 0.05) is 17.7 Å². The minimum absolute atomic E-state index is 0.176. The molecule has 1 aliphatic rings. The molecule has 0 saturated carbocycles. The Morgan fingerprint density at radius 3 is 2.33 bits per heavy atom. The number of Topliss-reactive ketones (excluding diaryl/α,β-unsaturated/α-hetero) is 1. The number of methoxy groups -OCH3 is 3.